The Morgan fingerprint density at radius 3 is 2.63 bits per heavy atom. The van der Waals surface area contributed by atoms with Crippen LogP contribution in [-0.2, 0) is 25.6 Å². The van der Waals surface area contributed by atoms with Crippen LogP contribution in [-0.4, -0.2) is 15.7 Å². The summed E-state index contributed by atoms with van der Waals surface area (Å²) in [6.45, 7) is 0.177. The van der Waals surface area contributed by atoms with Crippen LogP contribution in [0.2, 0.25) is 5.02 Å². The molecule has 0 fully saturated rings. The first-order chi connectivity index (χ1) is 14.3. The minimum absolute atomic E-state index is 0.177. The first-order valence-corrected chi connectivity index (χ1v) is 10.0. The maximum absolute atomic E-state index is 13.4. The molecule has 0 unspecified atom stereocenters. The fourth-order valence-corrected chi connectivity index (χ4v) is 3.97. The third-order valence-electron chi connectivity index (χ3n) is 5.13. The average Bonchev–Trinajstić information content (AvgIpc) is 3.07. The summed E-state index contributed by atoms with van der Waals surface area (Å²) >= 11 is 5.94. The second kappa shape index (κ2) is 8.14. The molecule has 0 aliphatic heterocycles. The molecule has 156 valence electrons. The van der Waals surface area contributed by atoms with Gasteiger partial charge in [0.1, 0.15) is 0 Å². The molecule has 0 saturated heterocycles. The molecular weight excluding hydrogens is 415 g/mol. The summed E-state index contributed by atoms with van der Waals surface area (Å²) in [6, 6.07) is 13.6. The van der Waals surface area contributed by atoms with Gasteiger partial charge in [0.15, 0.2) is 5.69 Å². The van der Waals surface area contributed by atoms with Gasteiger partial charge in [0.05, 0.1) is 6.54 Å². The van der Waals surface area contributed by atoms with Crippen LogP contribution in [0.3, 0.4) is 0 Å². The van der Waals surface area contributed by atoms with E-state index in [0.717, 1.165) is 12.8 Å². The summed E-state index contributed by atoms with van der Waals surface area (Å²) in [5, 5.41) is 7.16. The Morgan fingerprint density at radius 2 is 1.87 bits per heavy atom. The van der Waals surface area contributed by atoms with Gasteiger partial charge in [0.25, 0.3) is 5.91 Å². The van der Waals surface area contributed by atoms with Gasteiger partial charge in [0, 0.05) is 27.5 Å². The molecule has 0 radical (unpaired) electrons. The number of carbonyl (C=O) groups is 1. The van der Waals surface area contributed by atoms with Crippen molar-refractivity contribution in [3.8, 4) is 0 Å². The third kappa shape index (κ3) is 4.36. The predicted molar refractivity (Wildman–Crippen MR) is 109 cm³/mol. The molecule has 0 spiro atoms. The van der Waals surface area contributed by atoms with Gasteiger partial charge in [-0.15, -0.1) is 0 Å². The van der Waals surface area contributed by atoms with Crippen LogP contribution < -0.4 is 5.32 Å². The summed E-state index contributed by atoms with van der Waals surface area (Å²) in [6.07, 6.45) is -1.91. The van der Waals surface area contributed by atoms with Crippen LogP contribution in [0, 0.1) is 0 Å². The quantitative estimate of drug-likeness (QED) is 0.570. The molecule has 1 heterocycles. The zero-order chi connectivity index (χ0) is 21.3. The number of fused-ring (bicyclic) bond motifs is 1. The van der Waals surface area contributed by atoms with E-state index < -0.39 is 11.9 Å². The molecule has 4 nitrogen and oxygen atoms in total. The molecule has 4 rings (SSSR count). The largest absolute Gasteiger partial charge is 0.435 e. The van der Waals surface area contributed by atoms with Crippen molar-refractivity contribution in [1.82, 2.24) is 9.78 Å². The first kappa shape index (κ1) is 20.5. The number of aromatic nitrogens is 2. The van der Waals surface area contributed by atoms with Crippen LogP contribution in [0.5, 0.6) is 0 Å². The summed E-state index contributed by atoms with van der Waals surface area (Å²) in [4.78, 5) is 12.6. The summed E-state index contributed by atoms with van der Waals surface area (Å²) in [7, 11) is 0. The molecule has 30 heavy (non-hydrogen) atoms. The van der Waals surface area contributed by atoms with Crippen LogP contribution in [0.15, 0.2) is 48.5 Å². The number of carbonyl (C=O) groups excluding carboxylic acids is 1. The number of hydrogen-bond acceptors (Lipinski definition) is 2. The summed E-state index contributed by atoms with van der Waals surface area (Å²) < 4.78 is 41.6. The van der Waals surface area contributed by atoms with Gasteiger partial charge >= 0.3 is 6.18 Å². The van der Waals surface area contributed by atoms with Crippen molar-refractivity contribution < 1.29 is 18.0 Å². The highest BCUT2D eigenvalue weighted by Crippen LogP contribution is 2.36. The Hall–Kier alpha value is -2.80. The van der Waals surface area contributed by atoms with Crippen LogP contribution in [0.4, 0.5) is 18.9 Å². The van der Waals surface area contributed by atoms with Gasteiger partial charge in [0.2, 0.25) is 0 Å². The zero-order valence-electron chi connectivity index (χ0n) is 16.0. The van der Waals surface area contributed by atoms with E-state index >= 15 is 0 Å². The van der Waals surface area contributed by atoms with Gasteiger partial charge in [-0.05, 0) is 61.6 Å². The highest BCUT2D eigenvalue weighted by Gasteiger charge is 2.39. The Kier molecular flexibility index (Phi) is 5.56. The number of benzene rings is 2. The summed E-state index contributed by atoms with van der Waals surface area (Å²) in [5.41, 5.74) is 1.84. The van der Waals surface area contributed by atoms with Gasteiger partial charge in [-0.25, -0.2) is 0 Å². The highest BCUT2D eigenvalue weighted by atomic mass is 35.5. The van der Waals surface area contributed by atoms with E-state index in [1.807, 2.05) is 0 Å². The Bertz CT molecular complexity index is 1090. The van der Waals surface area contributed by atoms with Crippen LogP contribution in [0.1, 0.15) is 45.7 Å². The fraction of sp³-hybridized carbons (Fsp3) is 0.273. The number of rotatable bonds is 4. The lowest BCUT2D eigenvalue weighted by molar-refractivity contribution is -0.142. The maximum atomic E-state index is 13.4. The molecule has 0 saturated carbocycles. The monoisotopic (exact) mass is 433 g/mol. The smallest absolute Gasteiger partial charge is 0.322 e. The number of anilines is 1. The standard InChI is InChI=1S/C22H19ClF3N3O/c23-16-7-4-8-17(12-16)27-21(30)15-6-3-5-14(11-15)13-29-19-10-2-1-9-18(19)20(28-29)22(24,25)26/h3-8,11-12H,1-2,9-10,13H2,(H,27,30). The molecule has 0 bridgehead atoms. The zero-order valence-corrected chi connectivity index (χ0v) is 16.7. The Balaban J connectivity index is 1.58. The SMILES string of the molecule is O=C(Nc1cccc(Cl)c1)c1cccc(Cn2nc(C(F)(F)F)c3c2CCCC3)c1. The van der Waals surface area contributed by atoms with Crippen molar-refractivity contribution in [3.05, 3.63) is 81.6 Å². The van der Waals surface area contributed by atoms with Crippen LogP contribution in [0.25, 0.3) is 0 Å². The van der Waals surface area contributed by atoms with Crippen molar-refractivity contribution in [2.45, 2.75) is 38.4 Å². The van der Waals surface area contributed by atoms with E-state index in [9.17, 15) is 18.0 Å². The van der Waals surface area contributed by atoms with E-state index in [4.69, 9.17) is 11.6 Å². The van der Waals surface area contributed by atoms with Gasteiger partial charge in [-0.1, -0.05) is 29.8 Å². The number of nitrogens with one attached hydrogen (secondary N) is 1. The first-order valence-electron chi connectivity index (χ1n) is 9.63. The van der Waals surface area contributed by atoms with E-state index in [-0.39, 0.29) is 12.5 Å². The fourth-order valence-electron chi connectivity index (χ4n) is 3.78. The molecule has 1 aromatic heterocycles. The van der Waals surface area contributed by atoms with E-state index in [2.05, 4.69) is 10.4 Å². The minimum Gasteiger partial charge on any atom is -0.322 e. The maximum Gasteiger partial charge on any atom is 0.435 e. The summed E-state index contributed by atoms with van der Waals surface area (Å²) in [5.74, 6) is -0.322. The number of amides is 1. The van der Waals surface area contributed by atoms with Gasteiger partial charge in [-0.3, -0.25) is 9.48 Å². The van der Waals surface area contributed by atoms with Crippen molar-refractivity contribution >= 4 is 23.2 Å². The van der Waals surface area contributed by atoms with E-state index in [1.165, 1.54) is 4.68 Å². The molecule has 3 aromatic rings. The Labute approximate surface area is 176 Å². The molecular formula is C22H19ClF3N3O. The topological polar surface area (TPSA) is 46.9 Å². The number of hydrogen-bond donors (Lipinski definition) is 1. The molecule has 0 atom stereocenters. The lowest BCUT2D eigenvalue weighted by Crippen LogP contribution is -2.13. The molecule has 8 heteroatoms. The van der Waals surface area contributed by atoms with Gasteiger partial charge < -0.3 is 5.32 Å². The van der Waals surface area contributed by atoms with E-state index in [1.54, 1.807) is 48.5 Å². The van der Waals surface area contributed by atoms with Crippen LogP contribution >= 0.6 is 11.6 Å². The highest BCUT2D eigenvalue weighted by molar-refractivity contribution is 6.30. The molecule has 1 aliphatic carbocycles. The minimum atomic E-state index is -4.47. The Morgan fingerprint density at radius 1 is 1.10 bits per heavy atom. The van der Waals surface area contributed by atoms with Gasteiger partial charge in [-0.2, -0.15) is 18.3 Å². The molecule has 1 aliphatic rings. The molecule has 1 amide bonds. The lowest BCUT2D eigenvalue weighted by Gasteiger charge is -2.15. The van der Waals surface area contributed by atoms with E-state index in [0.29, 0.717) is 45.9 Å². The van der Waals surface area contributed by atoms with Crippen molar-refractivity contribution in [1.29, 1.82) is 0 Å². The second-order valence-corrected chi connectivity index (χ2v) is 7.74. The third-order valence-corrected chi connectivity index (χ3v) is 5.36. The van der Waals surface area contributed by atoms with Crippen molar-refractivity contribution in [2.75, 3.05) is 5.32 Å². The second-order valence-electron chi connectivity index (χ2n) is 7.30. The molecule has 1 N–H and O–H groups in total. The number of alkyl halides is 3. The van der Waals surface area contributed by atoms with Crippen molar-refractivity contribution in [2.24, 2.45) is 0 Å². The predicted octanol–water partition coefficient (Wildman–Crippen LogP) is 5.73. The number of halogens is 4. The average molecular weight is 434 g/mol. The molecule has 2 aromatic carbocycles. The lowest BCUT2D eigenvalue weighted by atomic mass is 9.95. The van der Waals surface area contributed by atoms with Crippen molar-refractivity contribution in [3.63, 3.8) is 0 Å². The number of nitrogens with zero attached hydrogens (tertiary/aromatic N) is 2. The normalized spacial score (nSPS) is 13.7.